The number of carbonyl (C=O) groups is 2. The third-order valence-corrected chi connectivity index (χ3v) is 2.70. The van der Waals surface area contributed by atoms with Crippen molar-refractivity contribution in [1.82, 2.24) is 5.32 Å². The highest BCUT2D eigenvalue weighted by Crippen LogP contribution is 2.26. The van der Waals surface area contributed by atoms with Crippen LogP contribution in [0.4, 0.5) is 0 Å². The van der Waals surface area contributed by atoms with Gasteiger partial charge >= 0.3 is 0 Å². The summed E-state index contributed by atoms with van der Waals surface area (Å²) >= 11 is 0. The summed E-state index contributed by atoms with van der Waals surface area (Å²) in [5.74, 6) is 0.454. The number of nitrogens with one attached hydrogen (secondary N) is 1. The molecule has 1 amide bonds. The van der Waals surface area contributed by atoms with Crippen molar-refractivity contribution in [3.63, 3.8) is 0 Å². The van der Waals surface area contributed by atoms with Gasteiger partial charge < -0.3 is 5.32 Å². The summed E-state index contributed by atoms with van der Waals surface area (Å²) in [6, 6.07) is 0. The zero-order chi connectivity index (χ0) is 18.6. The minimum absolute atomic E-state index is 0.102. The number of Topliss-reactive ketones (excluding diaryl/α,β-unsaturated/α-hetero) is 1. The van der Waals surface area contributed by atoms with Crippen LogP contribution in [0.1, 0.15) is 89.5 Å². The Balaban J connectivity index is 0. The molecule has 0 spiro atoms. The molecule has 3 nitrogen and oxygen atoms in total. The maximum atomic E-state index is 11.5. The van der Waals surface area contributed by atoms with Crippen LogP contribution < -0.4 is 5.32 Å². The first-order chi connectivity index (χ1) is 9.26. The Hall–Kier alpha value is -0.860. The van der Waals surface area contributed by atoms with Crippen LogP contribution in [0.5, 0.6) is 0 Å². The van der Waals surface area contributed by atoms with Gasteiger partial charge in [-0.05, 0) is 26.2 Å². The summed E-state index contributed by atoms with van der Waals surface area (Å²) in [6.07, 6.45) is 0.677. The molecule has 132 valence electrons. The third-order valence-electron chi connectivity index (χ3n) is 2.70. The predicted octanol–water partition coefficient (Wildman–Crippen LogP) is 4.99. The number of rotatable bonds is 1. The molecule has 0 atom stereocenters. The molecule has 0 saturated heterocycles. The molecule has 0 aromatic heterocycles. The van der Waals surface area contributed by atoms with Crippen molar-refractivity contribution < 1.29 is 9.59 Å². The fraction of sp³-hybridized carbons (Fsp3) is 0.895. The van der Waals surface area contributed by atoms with Gasteiger partial charge in [0.2, 0.25) is 5.91 Å². The first kappa shape index (κ1) is 23.4. The topological polar surface area (TPSA) is 46.2 Å². The predicted molar refractivity (Wildman–Crippen MR) is 95.9 cm³/mol. The Bertz CT molecular complexity index is 330. The summed E-state index contributed by atoms with van der Waals surface area (Å²) in [4.78, 5) is 22.8. The Morgan fingerprint density at radius 2 is 1.05 bits per heavy atom. The van der Waals surface area contributed by atoms with Crippen molar-refractivity contribution in [3.05, 3.63) is 0 Å². The van der Waals surface area contributed by atoms with Gasteiger partial charge in [-0.25, -0.2) is 0 Å². The Labute approximate surface area is 138 Å². The summed E-state index contributed by atoms with van der Waals surface area (Å²) in [7, 11) is 0. The lowest BCUT2D eigenvalue weighted by molar-refractivity contribution is -0.130. The van der Waals surface area contributed by atoms with E-state index in [0.29, 0.717) is 12.2 Å². The normalized spacial score (nSPS) is 13.1. The van der Waals surface area contributed by atoms with E-state index in [1.54, 1.807) is 0 Å². The number of carbonyl (C=O) groups excluding carboxylic acids is 2. The van der Waals surface area contributed by atoms with E-state index in [-0.39, 0.29) is 27.7 Å². The summed E-state index contributed by atoms with van der Waals surface area (Å²) in [5, 5.41) is 2.92. The zero-order valence-corrected chi connectivity index (χ0v) is 17.0. The maximum Gasteiger partial charge on any atom is 0.225 e. The minimum atomic E-state index is -0.284. The van der Waals surface area contributed by atoms with Crippen molar-refractivity contribution in [2.45, 2.75) is 95.0 Å². The first-order valence-corrected chi connectivity index (χ1v) is 8.12. The van der Waals surface area contributed by atoms with E-state index < -0.39 is 0 Å². The van der Waals surface area contributed by atoms with Crippen LogP contribution in [0.2, 0.25) is 0 Å². The second-order valence-corrected chi connectivity index (χ2v) is 10.4. The van der Waals surface area contributed by atoms with Crippen LogP contribution in [0.25, 0.3) is 0 Å². The number of ketones is 1. The van der Waals surface area contributed by atoms with Crippen LogP contribution in [0.3, 0.4) is 0 Å². The highest BCUT2D eigenvalue weighted by Gasteiger charge is 2.26. The molecule has 0 heterocycles. The molecule has 0 saturated carbocycles. The average Bonchev–Trinajstić information content (AvgIpc) is 2.09. The average molecular weight is 314 g/mol. The fourth-order valence-corrected chi connectivity index (χ4v) is 1.27. The molecule has 0 bridgehead atoms. The molecule has 0 aliphatic heterocycles. The second kappa shape index (κ2) is 7.61. The zero-order valence-electron chi connectivity index (χ0n) is 17.0. The Morgan fingerprint density at radius 3 is 1.14 bits per heavy atom. The largest absolute Gasteiger partial charge is 0.351 e. The van der Waals surface area contributed by atoms with Crippen molar-refractivity contribution >= 4 is 11.7 Å². The summed E-state index contributed by atoms with van der Waals surface area (Å²) < 4.78 is 0. The van der Waals surface area contributed by atoms with Crippen LogP contribution in [0, 0.1) is 16.2 Å². The third kappa shape index (κ3) is 14.1. The number of amides is 1. The van der Waals surface area contributed by atoms with Gasteiger partial charge in [-0.2, -0.15) is 0 Å². The number of hydrogen-bond acceptors (Lipinski definition) is 2. The lowest BCUT2D eigenvalue weighted by Gasteiger charge is -2.26. The van der Waals surface area contributed by atoms with E-state index in [0.717, 1.165) is 0 Å². The quantitative estimate of drug-likeness (QED) is 0.741. The van der Waals surface area contributed by atoms with E-state index in [9.17, 15) is 9.59 Å². The molecule has 0 aromatic rings. The van der Waals surface area contributed by atoms with Gasteiger partial charge in [-0.15, -0.1) is 0 Å². The summed E-state index contributed by atoms with van der Waals surface area (Å²) in [5.41, 5.74) is -0.449. The van der Waals surface area contributed by atoms with Crippen molar-refractivity contribution in [1.29, 1.82) is 0 Å². The van der Waals surface area contributed by atoms with Gasteiger partial charge in [0, 0.05) is 22.8 Å². The molecule has 3 heteroatoms. The van der Waals surface area contributed by atoms with Crippen LogP contribution in [0.15, 0.2) is 0 Å². The smallest absolute Gasteiger partial charge is 0.225 e. The van der Waals surface area contributed by atoms with Crippen LogP contribution in [-0.4, -0.2) is 17.2 Å². The lowest BCUT2D eigenvalue weighted by atomic mass is 9.80. The summed E-state index contributed by atoms with van der Waals surface area (Å²) in [6.45, 7) is 23.9. The molecule has 0 aromatic carbocycles. The Morgan fingerprint density at radius 1 is 0.682 bits per heavy atom. The van der Waals surface area contributed by atoms with Crippen LogP contribution >= 0.6 is 0 Å². The van der Waals surface area contributed by atoms with E-state index in [2.05, 4.69) is 26.1 Å². The molecular formula is C19H39NO2. The molecule has 22 heavy (non-hydrogen) atoms. The molecule has 0 aliphatic carbocycles. The fourth-order valence-electron chi connectivity index (χ4n) is 1.27. The first-order valence-electron chi connectivity index (χ1n) is 8.12. The van der Waals surface area contributed by atoms with E-state index in [4.69, 9.17) is 0 Å². The van der Waals surface area contributed by atoms with Gasteiger partial charge in [-0.1, -0.05) is 62.3 Å². The van der Waals surface area contributed by atoms with Crippen LogP contribution in [-0.2, 0) is 9.59 Å². The molecule has 0 rings (SSSR count). The van der Waals surface area contributed by atoms with Gasteiger partial charge in [0.15, 0.2) is 0 Å². The lowest BCUT2D eigenvalue weighted by Crippen LogP contribution is -2.46. The monoisotopic (exact) mass is 313 g/mol. The standard InChI is InChI=1S/C10H20O.C9H19NO/c1-9(2,3)7-8(11)10(4,5)6;1-8(2,3)7(11)10-9(4,5)6/h7H2,1-6H3;1-6H3,(H,10,11). The van der Waals surface area contributed by atoms with Gasteiger partial charge in [0.05, 0.1) is 0 Å². The van der Waals surface area contributed by atoms with Crippen molar-refractivity contribution in [3.8, 4) is 0 Å². The highest BCUT2D eigenvalue weighted by molar-refractivity contribution is 5.84. The van der Waals surface area contributed by atoms with Crippen molar-refractivity contribution in [2.24, 2.45) is 16.2 Å². The molecular weight excluding hydrogens is 274 g/mol. The van der Waals surface area contributed by atoms with Crippen molar-refractivity contribution in [2.75, 3.05) is 0 Å². The van der Waals surface area contributed by atoms with Gasteiger partial charge in [0.1, 0.15) is 5.78 Å². The maximum absolute atomic E-state index is 11.5. The molecule has 0 unspecified atom stereocenters. The van der Waals surface area contributed by atoms with E-state index >= 15 is 0 Å². The minimum Gasteiger partial charge on any atom is -0.351 e. The van der Waals surface area contributed by atoms with Gasteiger partial charge in [-0.3, -0.25) is 9.59 Å². The SMILES string of the molecule is CC(C)(C)CC(=O)C(C)(C)C.CC(C)(C)NC(=O)C(C)(C)C. The molecule has 0 radical (unpaired) electrons. The second-order valence-electron chi connectivity index (χ2n) is 10.4. The van der Waals surface area contributed by atoms with E-state index in [1.807, 2.05) is 62.3 Å². The Kier molecular flexibility index (Phi) is 8.10. The highest BCUT2D eigenvalue weighted by atomic mass is 16.2. The van der Waals surface area contributed by atoms with E-state index in [1.165, 1.54) is 0 Å². The molecule has 0 aliphatic rings. The van der Waals surface area contributed by atoms with Gasteiger partial charge in [0.25, 0.3) is 0 Å². The molecule has 1 N–H and O–H groups in total. The molecule has 0 fully saturated rings. The number of hydrogen-bond donors (Lipinski definition) is 1.